The highest BCUT2D eigenvalue weighted by atomic mass is 35.5. The molecule has 0 N–H and O–H groups in total. The van der Waals surface area contributed by atoms with Gasteiger partial charge >= 0.3 is 0 Å². The lowest BCUT2D eigenvalue weighted by molar-refractivity contribution is 0.610. The molecule has 0 aliphatic heterocycles. The van der Waals surface area contributed by atoms with Crippen molar-refractivity contribution in [3.8, 4) is 11.8 Å². The summed E-state index contributed by atoms with van der Waals surface area (Å²) in [4.78, 5) is 2.44. The summed E-state index contributed by atoms with van der Waals surface area (Å²) >= 11 is 19.6. The molecule has 0 saturated heterocycles. The second kappa shape index (κ2) is 8.60. The molecule has 2 rings (SSSR count). The van der Waals surface area contributed by atoms with Crippen LogP contribution in [0.15, 0.2) is 54.9 Å². The Kier molecular flexibility index (Phi) is 6.78. The number of halogens is 3. The maximum atomic E-state index is 7.01. The summed E-state index contributed by atoms with van der Waals surface area (Å²) in [7, 11) is 0. The molecule has 0 amide bonds. The third-order valence-electron chi connectivity index (χ3n) is 3.57. The average molecular weight is 367 g/mol. The van der Waals surface area contributed by atoms with Crippen molar-refractivity contribution in [2.75, 3.05) is 0 Å². The Morgan fingerprint density at radius 2 is 1.87 bits per heavy atom. The number of pyridine rings is 1. The van der Waals surface area contributed by atoms with Gasteiger partial charge in [0.1, 0.15) is 9.71 Å². The Bertz CT molecular complexity index is 661. The first-order valence-electron chi connectivity index (χ1n) is 7.52. The van der Waals surface area contributed by atoms with Crippen LogP contribution in [0.4, 0.5) is 0 Å². The van der Waals surface area contributed by atoms with Crippen LogP contribution >= 0.6 is 34.8 Å². The van der Waals surface area contributed by atoms with Gasteiger partial charge < -0.3 is 0 Å². The first-order valence-corrected chi connectivity index (χ1v) is 8.77. The third-order valence-corrected chi connectivity index (χ3v) is 4.62. The number of hydrogen-bond donors (Lipinski definition) is 0. The number of benzene rings is 1. The Hall–Kier alpha value is -1.20. The van der Waals surface area contributed by atoms with Crippen LogP contribution in [0.5, 0.6) is 0 Å². The summed E-state index contributed by atoms with van der Waals surface area (Å²) in [5.74, 6) is 5.98. The molecule has 1 aromatic heterocycles. The van der Waals surface area contributed by atoms with Gasteiger partial charge in [0.2, 0.25) is 0 Å². The fourth-order valence-electron chi connectivity index (χ4n) is 2.43. The van der Waals surface area contributed by atoms with E-state index >= 15 is 0 Å². The molecule has 0 spiro atoms. The molecule has 1 aromatic carbocycles. The molecule has 0 saturated carbocycles. The quantitative estimate of drug-likeness (QED) is 0.473. The molecule has 120 valence electrons. The van der Waals surface area contributed by atoms with Gasteiger partial charge in [0, 0.05) is 30.3 Å². The van der Waals surface area contributed by atoms with Crippen LogP contribution in [0, 0.1) is 11.8 Å². The molecule has 0 aliphatic rings. The minimum Gasteiger partial charge on any atom is -0.264 e. The molecule has 23 heavy (non-hydrogen) atoms. The standard InChI is InChI=1S/C19H18Cl3N/c1-2-3-7-12-19(22,16-11-8-13-23-14-16)17(18(20)21)15-9-5-4-6-10-15/h4-6,8-11,13-14,17-18H,2-3H2,1H3. The average Bonchev–Trinajstić information content (AvgIpc) is 2.57. The number of hydrogen-bond acceptors (Lipinski definition) is 1. The molecular weight excluding hydrogens is 349 g/mol. The number of alkyl halides is 3. The Labute approximate surface area is 153 Å². The fourth-order valence-corrected chi connectivity index (χ4v) is 3.66. The van der Waals surface area contributed by atoms with Crippen LogP contribution in [-0.2, 0) is 4.87 Å². The fraction of sp³-hybridized carbons (Fsp3) is 0.316. The molecule has 0 aliphatic carbocycles. The van der Waals surface area contributed by atoms with E-state index < -0.39 is 9.71 Å². The summed E-state index contributed by atoms with van der Waals surface area (Å²) in [6.07, 6.45) is 5.16. The minimum atomic E-state index is -1.03. The molecule has 2 atom stereocenters. The summed E-state index contributed by atoms with van der Waals surface area (Å²) in [6, 6.07) is 13.5. The maximum Gasteiger partial charge on any atom is 0.141 e. The predicted octanol–water partition coefficient (Wildman–Crippen LogP) is 5.91. The lowest BCUT2D eigenvalue weighted by Crippen LogP contribution is -2.31. The molecule has 0 fully saturated rings. The van der Waals surface area contributed by atoms with Gasteiger partial charge in [-0.1, -0.05) is 60.8 Å². The highest BCUT2D eigenvalue weighted by molar-refractivity contribution is 6.45. The summed E-state index contributed by atoms with van der Waals surface area (Å²) in [6.45, 7) is 2.08. The van der Waals surface area contributed by atoms with Gasteiger partial charge in [0.05, 0.1) is 0 Å². The number of nitrogens with zero attached hydrogens (tertiary/aromatic N) is 1. The smallest absolute Gasteiger partial charge is 0.141 e. The van der Waals surface area contributed by atoms with Crippen LogP contribution in [0.2, 0.25) is 0 Å². The van der Waals surface area contributed by atoms with Gasteiger partial charge in [0.15, 0.2) is 0 Å². The van der Waals surface area contributed by atoms with Crippen molar-refractivity contribution < 1.29 is 0 Å². The second-order valence-electron chi connectivity index (χ2n) is 5.23. The third kappa shape index (κ3) is 4.42. The molecule has 2 unspecified atom stereocenters. The van der Waals surface area contributed by atoms with Crippen molar-refractivity contribution in [1.29, 1.82) is 0 Å². The van der Waals surface area contributed by atoms with Crippen LogP contribution in [-0.4, -0.2) is 9.82 Å². The van der Waals surface area contributed by atoms with Crippen molar-refractivity contribution >= 4 is 34.8 Å². The lowest BCUT2D eigenvalue weighted by atomic mass is 9.82. The first kappa shape index (κ1) is 18.1. The first-order chi connectivity index (χ1) is 11.1. The van der Waals surface area contributed by atoms with Crippen LogP contribution < -0.4 is 0 Å². The molecule has 0 bridgehead atoms. The van der Waals surface area contributed by atoms with Crippen LogP contribution in [0.1, 0.15) is 36.8 Å². The Morgan fingerprint density at radius 3 is 2.43 bits per heavy atom. The van der Waals surface area contributed by atoms with E-state index in [9.17, 15) is 0 Å². The van der Waals surface area contributed by atoms with Crippen LogP contribution in [0.25, 0.3) is 0 Å². The van der Waals surface area contributed by atoms with Gasteiger partial charge in [0.25, 0.3) is 0 Å². The summed E-state index contributed by atoms with van der Waals surface area (Å²) < 4.78 is 0. The van der Waals surface area contributed by atoms with Gasteiger partial charge in [-0.15, -0.1) is 29.1 Å². The monoisotopic (exact) mass is 365 g/mol. The van der Waals surface area contributed by atoms with Crippen molar-refractivity contribution in [1.82, 2.24) is 4.98 Å². The van der Waals surface area contributed by atoms with E-state index in [0.29, 0.717) is 0 Å². The minimum absolute atomic E-state index is 0.373. The summed E-state index contributed by atoms with van der Waals surface area (Å²) in [5, 5.41) is 0. The highest BCUT2D eigenvalue weighted by Crippen LogP contribution is 2.47. The number of aromatic nitrogens is 1. The van der Waals surface area contributed by atoms with Crippen molar-refractivity contribution in [3.05, 3.63) is 66.0 Å². The second-order valence-corrected chi connectivity index (χ2v) is 6.99. The summed E-state index contributed by atoms with van der Waals surface area (Å²) in [5.41, 5.74) is 1.75. The van der Waals surface area contributed by atoms with Gasteiger partial charge in [-0.05, 0) is 18.1 Å². The van der Waals surface area contributed by atoms with E-state index in [1.807, 2.05) is 42.5 Å². The number of unbranched alkanes of at least 4 members (excludes halogenated alkanes) is 1. The normalized spacial score (nSPS) is 14.7. The number of rotatable bonds is 5. The molecule has 0 radical (unpaired) electrons. The predicted molar refractivity (Wildman–Crippen MR) is 99.1 cm³/mol. The maximum absolute atomic E-state index is 7.01. The topological polar surface area (TPSA) is 12.9 Å². The Balaban J connectivity index is 2.57. The molecule has 4 heteroatoms. The van der Waals surface area contributed by atoms with Crippen LogP contribution in [0.3, 0.4) is 0 Å². The van der Waals surface area contributed by atoms with E-state index in [-0.39, 0.29) is 5.92 Å². The van der Waals surface area contributed by atoms with Crippen molar-refractivity contribution in [2.24, 2.45) is 0 Å². The molecule has 1 nitrogen and oxygen atoms in total. The highest BCUT2D eigenvalue weighted by Gasteiger charge is 2.42. The van der Waals surface area contributed by atoms with E-state index in [1.54, 1.807) is 12.4 Å². The zero-order valence-electron chi connectivity index (χ0n) is 12.8. The zero-order chi connectivity index (χ0) is 16.7. The van der Waals surface area contributed by atoms with E-state index in [0.717, 1.165) is 24.0 Å². The van der Waals surface area contributed by atoms with Gasteiger partial charge in [-0.3, -0.25) is 4.98 Å². The Morgan fingerprint density at radius 1 is 1.13 bits per heavy atom. The molecule has 1 heterocycles. The molecule has 2 aromatic rings. The van der Waals surface area contributed by atoms with Crippen molar-refractivity contribution in [3.63, 3.8) is 0 Å². The van der Waals surface area contributed by atoms with E-state index in [4.69, 9.17) is 34.8 Å². The zero-order valence-corrected chi connectivity index (χ0v) is 15.1. The van der Waals surface area contributed by atoms with E-state index in [1.165, 1.54) is 0 Å². The van der Waals surface area contributed by atoms with Crippen molar-refractivity contribution in [2.45, 2.75) is 35.4 Å². The lowest BCUT2D eigenvalue weighted by Gasteiger charge is -2.32. The van der Waals surface area contributed by atoms with Gasteiger partial charge in [-0.25, -0.2) is 0 Å². The molecular formula is C19H18Cl3N. The van der Waals surface area contributed by atoms with E-state index in [2.05, 4.69) is 23.7 Å². The SMILES string of the molecule is CCCC#CC(Cl)(c1cccnc1)C(c1ccccc1)C(Cl)Cl. The van der Waals surface area contributed by atoms with Gasteiger partial charge in [-0.2, -0.15) is 0 Å². The largest absolute Gasteiger partial charge is 0.264 e.